The number of nitrogens with zero attached hydrogens (tertiary/aromatic N) is 2. The summed E-state index contributed by atoms with van der Waals surface area (Å²) in [5.74, 6) is 1.94. The Morgan fingerprint density at radius 3 is 3.13 bits per heavy atom. The second-order valence-electron chi connectivity index (χ2n) is 4.51. The Labute approximate surface area is 98.4 Å². The Morgan fingerprint density at radius 1 is 1.40 bits per heavy atom. The number of fused-ring (bicyclic) bond motifs is 1. The second kappa shape index (κ2) is 3.91. The molecule has 0 saturated carbocycles. The van der Waals surface area contributed by atoms with E-state index in [0.717, 1.165) is 17.7 Å². The average Bonchev–Trinajstić information content (AvgIpc) is 2.87. The molecule has 1 unspecified atom stereocenters. The van der Waals surface area contributed by atoms with Crippen LogP contribution in [-0.2, 0) is 13.0 Å². The standard InChI is InChI=1S/C11H16BrN3/c12-10-9-3-1-2-6-15(9)11(14-10)8-4-5-13-7-8/h8,13H,1-7H2. The molecular weight excluding hydrogens is 254 g/mol. The monoisotopic (exact) mass is 269 g/mol. The van der Waals surface area contributed by atoms with Gasteiger partial charge in [-0.3, -0.25) is 0 Å². The molecule has 0 amide bonds. The van der Waals surface area contributed by atoms with Crippen molar-refractivity contribution in [2.75, 3.05) is 13.1 Å². The molecule has 1 N–H and O–H groups in total. The van der Waals surface area contributed by atoms with Crippen LogP contribution in [0.25, 0.3) is 0 Å². The fraction of sp³-hybridized carbons (Fsp3) is 0.727. The normalized spacial score (nSPS) is 25.5. The molecule has 0 spiro atoms. The van der Waals surface area contributed by atoms with Crippen LogP contribution in [0.2, 0.25) is 0 Å². The number of rotatable bonds is 1. The van der Waals surface area contributed by atoms with Crippen molar-refractivity contribution in [3.8, 4) is 0 Å². The van der Waals surface area contributed by atoms with Crippen LogP contribution < -0.4 is 5.32 Å². The zero-order valence-corrected chi connectivity index (χ0v) is 10.4. The van der Waals surface area contributed by atoms with Crippen molar-refractivity contribution in [2.24, 2.45) is 0 Å². The van der Waals surface area contributed by atoms with Crippen LogP contribution >= 0.6 is 15.9 Å². The molecule has 0 bridgehead atoms. The molecule has 0 radical (unpaired) electrons. The first-order chi connectivity index (χ1) is 7.36. The number of hydrogen-bond acceptors (Lipinski definition) is 2. The molecule has 3 rings (SSSR count). The molecule has 82 valence electrons. The fourth-order valence-corrected chi connectivity index (χ4v) is 3.31. The molecule has 1 atom stereocenters. The minimum absolute atomic E-state index is 0.633. The minimum Gasteiger partial charge on any atom is -0.331 e. The van der Waals surface area contributed by atoms with Gasteiger partial charge in [0.15, 0.2) is 0 Å². The first-order valence-corrected chi connectivity index (χ1v) is 6.61. The van der Waals surface area contributed by atoms with Crippen molar-refractivity contribution in [3.05, 3.63) is 16.1 Å². The van der Waals surface area contributed by atoms with E-state index in [9.17, 15) is 0 Å². The summed E-state index contributed by atoms with van der Waals surface area (Å²) in [7, 11) is 0. The Hall–Kier alpha value is -0.350. The van der Waals surface area contributed by atoms with Crippen LogP contribution in [0.5, 0.6) is 0 Å². The van der Waals surface area contributed by atoms with Crippen LogP contribution in [0.3, 0.4) is 0 Å². The van der Waals surface area contributed by atoms with Gasteiger partial charge in [-0.25, -0.2) is 4.98 Å². The van der Waals surface area contributed by atoms with Gasteiger partial charge in [0.25, 0.3) is 0 Å². The van der Waals surface area contributed by atoms with Gasteiger partial charge in [0.05, 0.1) is 5.69 Å². The third-order valence-corrected chi connectivity index (χ3v) is 4.16. The number of nitrogens with one attached hydrogen (secondary N) is 1. The van der Waals surface area contributed by atoms with E-state index in [2.05, 4.69) is 25.8 Å². The van der Waals surface area contributed by atoms with Gasteiger partial charge in [-0.15, -0.1) is 0 Å². The van der Waals surface area contributed by atoms with Crippen LogP contribution in [0.15, 0.2) is 4.60 Å². The van der Waals surface area contributed by atoms with E-state index in [4.69, 9.17) is 4.98 Å². The van der Waals surface area contributed by atoms with E-state index in [0.29, 0.717) is 5.92 Å². The third-order valence-electron chi connectivity index (χ3n) is 3.52. The molecule has 0 aliphatic carbocycles. The molecule has 1 aromatic rings. The fourth-order valence-electron chi connectivity index (χ4n) is 2.71. The summed E-state index contributed by atoms with van der Waals surface area (Å²) in [6, 6.07) is 0. The predicted octanol–water partition coefficient (Wildman–Crippen LogP) is 2.06. The maximum absolute atomic E-state index is 4.71. The average molecular weight is 270 g/mol. The van der Waals surface area contributed by atoms with Gasteiger partial charge in [0.1, 0.15) is 10.4 Å². The van der Waals surface area contributed by atoms with Gasteiger partial charge in [-0.1, -0.05) is 0 Å². The van der Waals surface area contributed by atoms with Crippen molar-refractivity contribution in [3.63, 3.8) is 0 Å². The number of hydrogen-bond donors (Lipinski definition) is 1. The van der Waals surface area contributed by atoms with Crippen molar-refractivity contribution < 1.29 is 0 Å². The van der Waals surface area contributed by atoms with Crippen molar-refractivity contribution in [1.29, 1.82) is 0 Å². The van der Waals surface area contributed by atoms with Gasteiger partial charge in [-0.05, 0) is 48.2 Å². The van der Waals surface area contributed by atoms with Crippen molar-refractivity contribution >= 4 is 15.9 Å². The highest BCUT2D eigenvalue weighted by atomic mass is 79.9. The summed E-state index contributed by atoms with van der Waals surface area (Å²) in [5.41, 5.74) is 1.42. The van der Waals surface area contributed by atoms with E-state index in [1.165, 1.54) is 43.7 Å². The van der Waals surface area contributed by atoms with Crippen LogP contribution in [0.4, 0.5) is 0 Å². The number of halogens is 1. The summed E-state index contributed by atoms with van der Waals surface area (Å²) in [6.45, 7) is 3.41. The lowest BCUT2D eigenvalue weighted by molar-refractivity contribution is 0.497. The Bertz CT molecular complexity index is 366. The smallest absolute Gasteiger partial charge is 0.127 e. The van der Waals surface area contributed by atoms with Crippen molar-refractivity contribution in [2.45, 2.75) is 38.1 Å². The van der Waals surface area contributed by atoms with E-state index >= 15 is 0 Å². The summed E-state index contributed by atoms with van der Waals surface area (Å²) >= 11 is 3.60. The molecule has 3 heterocycles. The van der Waals surface area contributed by atoms with Crippen LogP contribution in [0, 0.1) is 0 Å². The molecule has 1 aromatic heterocycles. The maximum Gasteiger partial charge on any atom is 0.127 e. The molecular formula is C11H16BrN3. The topological polar surface area (TPSA) is 29.9 Å². The highest BCUT2D eigenvalue weighted by molar-refractivity contribution is 9.10. The van der Waals surface area contributed by atoms with E-state index in [1.807, 2.05) is 0 Å². The second-order valence-corrected chi connectivity index (χ2v) is 5.26. The Morgan fingerprint density at radius 2 is 2.33 bits per heavy atom. The summed E-state index contributed by atoms with van der Waals surface area (Å²) in [4.78, 5) is 4.71. The lowest BCUT2D eigenvalue weighted by Crippen LogP contribution is -2.17. The van der Waals surface area contributed by atoms with Crippen LogP contribution in [-0.4, -0.2) is 22.6 Å². The number of aromatic nitrogens is 2. The first-order valence-electron chi connectivity index (χ1n) is 5.82. The van der Waals surface area contributed by atoms with Gasteiger partial charge >= 0.3 is 0 Å². The molecule has 1 saturated heterocycles. The zero-order valence-electron chi connectivity index (χ0n) is 8.80. The van der Waals surface area contributed by atoms with E-state index < -0.39 is 0 Å². The Kier molecular flexibility index (Phi) is 2.56. The number of imidazole rings is 1. The predicted molar refractivity (Wildman–Crippen MR) is 63.1 cm³/mol. The lowest BCUT2D eigenvalue weighted by Gasteiger charge is -2.18. The minimum atomic E-state index is 0.633. The lowest BCUT2D eigenvalue weighted by atomic mass is 10.1. The first kappa shape index (κ1) is 9.85. The van der Waals surface area contributed by atoms with Gasteiger partial charge < -0.3 is 9.88 Å². The van der Waals surface area contributed by atoms with E-state index in [-0.39, 0.29) is 0 Å². The molecule has 15 heavy (non-hydrogen) atoms. The van der Waals surface area contributed by atoms with E-state index in [1.54, 1.807) is 0 Å². The molecule has 3 nitrogen and oxygen atoms in total. The summed E-state index contributed by atoms with van der Waals surface area (Å²) in [6.07, 6.45) is 5.05. The van der Waals surface area contributed by atoms with Gasteiger partial charge in [0.2, 0.25) is 0 Å². The van der Waals surface area contributed by atoms with Crippen molar-refractivity contribution in [1.82, 2.24) is 14.9 Å². The molecule has 1 fully saturated rings. The highest BCUT2D eigenvalue weighted by Crippen LogP contribution is 2.30. The van der Waals surface area contributed by atoms with Crippen LogP contribution in [0.1, 0.15) is 36.7 Å². The maximum atomic E-state index is 4.71. The zero-order chi connectivity index (χ0) is 10.3. The molecule has 2 aliphatic rings. The van der Waals surface area contributed by atoms with Gasteiger partial charge in [0, 0.05) is 19.0 Å². The molecule has 4 heteroatoms. The van der Waals surface area contributed by atoms with Gasteiger partial charge in [-0.2, -0.15) is 0 Å². The molecule has 0 aromatic carbocycles. The third kappa shape index (κ3) is 1.64. The summed E-state index contributed by atoms with van der Waals surface area (Å²) in [5, 5.41) is 3.42. The quantitative estimate of drug-likeness (QED) is 0.846. The Balaban J connectivity index is 1.99. The largest absolute Gasteiger partial charge is 0.331 e. The summed E-state index contributed by atoms with van der Waals surface area (Å²) < 4.78 is 3.54. The highest BCUT2D eigenvalue weighted by Gasteiger charge is 2.26. The SMILES string of the molecule is Brc1nc(C2CCNC2)n2c1CCCC2. The molecule has 2 aliphatic heterocycles.